The molecule has 6 heteroatoms. The number of amides is 1. The zero-order valence-corrected chi connectivity index (χ0v) is 12.5. The number of nitrogens with zero attached hydrogens (tertiary/aromatic N) is 1. The van der Waals surface area contributed by atoms with Crippen LogP contribution in [0.4, 0.5) is 0 Å². The summed E-state index contributed by atoms with van der Waals surface area (Å²) in [5.74, 6) is 1.17. The lowest BCUT2D eigenvalue weighted by Crippen LogP contribution is -2.39. The lowest BCUT2D eigenvalue weighted by atomic mass is 10.2. The number of terminal acetylenes is 1. The van der Waals surface area contributed by atoms with Crippen molar-refractivity contribution in [1.82, 2.24) is 4.90 Å². The van der Waals surface area contributed by atoms with E-state index >= 15 is 0 Å². The topological polar surface area (TPSA) is 66.8 Å². The average Bonchev–Trinajstić information content (AvgIpc) is 2.36. The Morgan fingerprint density at radius 1 is 1.50 bits per heavy atom. The Balaban J connectivity index is 2.64. The van der Waals surface area contributed by atoms with Gasteiger partial charge in [0.2, 0.25) is 0 Å². The summed E-state index contributed by atoms with van der Waals surface area (Å²) >= 11 is 3.33. The van der Waals surface area contributed by atoms with E-state index in [0.717, 1.165) is 14.9 Å². The Bertz CT molecular complexity index is 551. The number of hydrogen-bond acceptors (Lipinski definition) is 3. The summed E-state index contributed by atoms with van der Waals surface area (Å²) in [5, 5.41) is 8.71. The molecule has 0 aliphatic rings. The second-order valence-electron chi connectivity index (χ2n) is 4.07. The molecule has 0 saturated heterocycles. The quantitative estimate of drug-likeness (QED) is 0.801. The summed E-state index contributed by atoms with van der Waals surface area (Å²) in [6, 6.07) is 5.44. The van der Waals surface area contributed by atoms with E-state index in [-0.39, 0.29) is 13.2 Å². The number of carbonyl (C=O) groups is 2. The Morgan fingerprint density at radius 3 is 2.75 bits per heavy atom. The molecule has 0 heterocycles. The van der Waals surface area contributed by atoms with Crippen molar-refractivity contribution in [3.8, 4) is 18.1 Å². The van der Waals surface area contributed by atoms with Gasteiger partial charge < -0.3 is 14.7 Å². The number of ether oxygens (including phenoxy) is 1. The van der Waals surface area contributed by atoms with Crippen LogP contribution >= 0.6 is 15.9 Å². The van der Waals surface area contributed by atoms with E-state index in [0.29, 0.717) is 5.75 Å². The van der Waals surface area contributed by atoms with Crippen molar-refractivity contribution in [2.24, 2.45) is 0 Å². The molecular weight excluding hydrogens is 326 g/mol. The molecule has 1 rings (SSSR count). The summed E-state index contributed by atoms with van der Waals surface area (Å²) < 4.78 is 6.09. The van der Waals surface area contributed by atoms with Crippen LogP contribution in [-0.2, 0) is 9.59 Å². The van der Waals surface area contributed by atoms with E-state index < -0.39 is 18.4 Å². The van der Waals surface area contributed by atoms with E-state index in [2.05, 4.69) is 21.9 Å². The Kier molecular flexibility index (Phi) is 6.07. The number of halogens is 1. The highest BCUT2D eigenvalue weighted by atomic mass is 79.9. The van der Waals surface area contributed by atoms with Gasteiger partial charge in [-0.2, -0.15) is 0 Å². The molecule has 0 saturated carbocycles. The van der Waals surface area contributed by atoms with Gasteiger partial charge in [-0.1, -0.05) is 12.0 Å². The Hall–Kier alpha value is -2.00. The second-order valence-corrected chi connectivity index (χ2v) is 4.92. The minimum absolute atomic E-state index is 0.0659. The number of carbonyl (C=O) groups excluding carboxylic acids is 1. The smallest absolute Gasteiger partial charge is 0.323 e. The summed E-state index contributed by atoms with van der Waals surface area (Å²) in [6.07, 6.45) is 5.11. The lowest BCUT2D eigenvalue weighted by molar-refractivity contribution is -0.144. The minimum Gasteiger partial charge on any atom is -0.483 e. The third-order valence-electron chi connectivity index (χ3n) is 2.40. The van der Waals surface area contributed by atoms with Crippen LogP contribution in [0.2, 0.25) is 0 Å². The number of rotatable bonds is 6. The molecule has 106 valence electrons. The highest BCUT2D eigenvalue weighted by Crippen LogP contribution is 2.25. The highest BCUT2D eigenvalue weighted by Gasteiger charge is 2.16. The van der Waals surface area contributed by atoms with Crippen molar-refractivity contribution in [3.05, 3.63) is 28.2 Å². The Labute approximate surface area is 125 Å². The standard InChI is InChI=1S/C14H14BrNO4/c1-3-6-16(8-14(18)19)13(17)9-20-12-5-4-10(2)7-11(12)15/h1,4-5,7H,6,8-9H2,2H3,(H,18,19). The fraction of sp³-hybridized carbons (Fsp3) is 0.286. The molecule has 0 aliphatic carbocycles. The molecular formula is C14H14BrNO4. The SMILES string of the molecule is C#CCN(CC(=O)O)C(=O)COc1ccc(C)cc1Br. The van der Waals surface area contributed by atoms with E-state index in [4.69, 9.17) is 16.3 Å². The second kappa shape index (κ2) is 7.56. The molecule has 0 bridgehead atoms. The van der Waals surface area contributed by atoms with E-state index in [1.54, 1.807) is 6.07 Å². The molecule has 1 N–H and O–H groups in total. The van der Waals surface area contributed by atoms with Crippen LogP contribution in [0, 0.1) is 19.3 Å². The zero-order chi connectivity index (χ0) is 15.1. The van der Waals surface area contributed by atoms with E-state index in [1.807, 2.05) is 19.1 Å². The monoisotopic (exact) mass is 339 g/mol. The Morgan fingerprint density at radius 2 is 2.20 bits per heavy atom. The van der Waals surface area contributed by atoms with Gasteiger partial charge in [0.15, 0.2) is 6.61 Å². The van der Waals surface area contributed by atoms with Crippen molar-refractivity contribution < 1.29 is 19.4 Å². The normalized spacial score (nSPS) is 9.65. The minimum atomic E-state index is -1.12. The lowest BCUT2D eigenvalue weighted by Gasteiger charge is -2.18. The van der Waals surface area contributed by atoms with Crippen molar-refractivity contribution in [2.45, 2.75) is 6.92 Å². The molecule has 0 aliphatic heterocycles. The molecule has 1 aromatic rings. The number of carboxylic acid groups (broad SMARTS) is 1. The van der Waals surface area contributed by atoms with E-state index in [9.17, 15) is 9.59 Å². The van der Waals surface area contributed by atoms with E-state index in [1.165, 1.54) is 0 Å². The van der Waals surface area contributed by atoms with Crippen LogP contribution in [0.15, 0.2) is 22.7 Å². The van der Waals surface area contributed by atoms with Gasteiger partial charge >= 0.3 is 5.97 Å². The molecule has 0 radical (unpaired) electrons. The summed E-state index contributed by atoms with van der Waals surface area (Å²) in [5.41, 5.74) is 1.05. The number of hydrogen-bond donors (Lipinski definition) is 1. The molecule has 1 amide bonds. The van der Waals surface area contributed by atoms with Crippen LogP contribution in [0.5, 0.6) is 5.75 Å². The fourth-order valence-electron chi connectivity index (χ4n) is 1.46. The van der Waals surface area contributed by atoms with Crippen LogP contribution in [0.3, 0.4) is 0 Å². The summed E-state index contributed by atoms with van der Waals surface area (Å²) in [7, 11) is 0. The molecule has 0 fully saturated rings. The van der Waals surface area contributed by atoms with Gasteiger partial charge in [-0.25, -0.2) is 0 Å². The number of aliphatic carboxylic acids is 1. The third-order valence-corrected chi connectivity index (χ3v) is 3.02. The first-order valence-corrected chi connectivity index (χ1v) is 6.55. The van der Waals surface area contributed by atoms with Crippen LogP contribution in [0.25, 0.3) is 0 Å². The van der Waals surface area contributed by atoms with Gasteiger partial charge in [0, 0.05) is 0 Å². The van der Waals surface area contributed by atoms with Gasteiger partial charge in [0.25, 0.3) is 5.91 Å². The number of benzene rings is 1. The van der Waals surface area contributed by atoms with Crippen molar-refractivity contribution in [2.75, 3.05) is 19.7 Å². The number of carboxylic acids is 1. The molecule has 0 aromatic heterocycles. The molecule has 1 aromatic carbocycles. The average molecular weight is 340 g/mol. The zero-order valence-electron chi connectivity index (χ0n) is 10.9. The molecule has 5 nitrogen and oxygen atoms in total. The first-order valence-electron chi connectivity index (χ1n) is 5.76. The first-order chi connectivity index (χ1) is 9.43. The van der Waals surface area contributed by atoms with Gasteiger partial charge in [0.1, 0.15) is 12.3 Å². The molecule has 0 spiro atoms. The van der Waals surface area contributed by atoms with Gasteiger partial charge in [-0.15, -0.1) is 6.42 Å². The van der Waals surface area contributed by atoms with Gasteiger partial charge in [-0.05, 0) is 40.5 Å². The largest absolute Gasteiger partial charge is 0.483 e. The third kappa shape index (κ3) is 4.94. The summed E-state index contributed by atoms with van der Waals surface area (Å²) in [6.45, 7) is 1.16. The first kappa shape index (κ1) is 16.1. The van der Waals surface area contributed by atoms with Crippen LogP contribution < -0.4 is 4.74 Å². The van der Waals surface area contributed by atoms with Crippen molar-refractivity contribution in [1.29, 1.82) is 0 Å². The predicted molar refractivity (Wildman–Crippen MR) is 77.4 cm³/mol. The van der Waals surface area contributed by atoms with Gasteiger partial charge in [-0.3, -0.25) is 9.59 Å². The maximum atomic E-state index is 11.8. The van der Waals surface area contributed by atoms with Crippen LogP contribution in [0.1, 0.15) is 5.56 Å². The van der Waals surface area contributed by atoms with Crippen molar-refractivity contribution in [3.63, 3.8) is 0 Å². The maximum Gasteiger partial charge on any atom is 0.323 e. The van der Waals surface area contributed by atoms with Gasteiger partial charge in [0.05, 0.1) is 11.0 Å². The van der Waals surface area contributed by atoms with Crippen molar-refractivity contribution >= 4 is 27.8 Å². The molecule has 0 unspecified atom stereocenters. The number of aryl methyl sites for hydroxylation is 1. The van der Waals surface area contributed by atoms with Crippen LogP contribution in [-0.4, -0.2) is 41.6 Å². The highest BCUT2D eigenvalue weighted by molar-refractivity contribution is 9.10. The summed E-state index contributed by atoms with van der Waals surface area (Å²) in [4.78, 5) is 23.5. The molecule has 20 heavy (non-hydrogen) atoms. The fourth-order valence-corrected chi connectivity index (χ4v) is 2.07. The predicted octanol–water partition coefficient (Wildman–Crippen LogP) is 1.68. The maximum absolute atomic E-state index is 11.8. The molecule has 0 atom stereocenters.